The van der Waals surface area contributed by atoms with Crippen LogP contribution in [-0.2, 0) is 6.42 Å². The molecule has 3 heteroatoms. The van der Waals surface area contributed by atoms with Gasteiger partial charge in [0.15, 0.2) is 0 Å². The first-order valence-electron chi connectivity index (χ1n) is 5.65. The smallest absolute Gasteiger partial charge is 0.127 e. The van der Waals surface area contributed by atoms with Crippen LogP contribution in [-0.4, -0.2) is 12.2 Å². The fourth-order valence-electron chi connectivity index (χ4n) is 1.85. The Balaban J connectivity index is 2.85. The third kappa shape index (κ3) is 3.46. The summed E-state index contributed by atoms with van der Waals surface area (Å²) in [6.45, 7) is 3.97. The van der Waals surface area contributed by atoms with Crippen molar-refractivity contribution in [2.45, 2.75) is 38.8 Å². The Morgan fingerprint density at radius 3 is 2.62 bits per heavy atom. The first-order chi connectivity index (χ1) is 7.50. The molecule has 1 aromatic carbocycles. The van der Waals surface area contributed by atoms with Gasteiger partial charge >= 0.3 is 0 Å². The van der Waals surface area contributed by atoms with Crippen molar-refractivity contribution in [1.29, 1.82) is 0 Å². The Bertz CT molecular complexity index is 354. The second-order valence-electron chi connectivity index (χ2n) is 4.38. The fraction of sp³-hybridized carbons (Fsp3) is 0.538. The molecule has 0 aliphatic rings. The van der Waals surface area contributed by atoms with Gasteiger partial charge in [0.2, 0.25) is 0 Å². The first-order valence-corrected chi connectivity index (χ1v) is 6.02. The molecule has 2 N–H and O–H groups in total. The predicted molar refractivity (Wildman–Crippen MR) is 67.7 cm³/mol. The molecule has 0 spiro atoms. The van der Waals surface area contributed by atoms with E-state index in [0.717, 1.165) is 17.5 Å². The molecule has 0 aliphatic carbocycles. The van der Waals surface area contributed by atoms with Crippen LogP contribution in [0.3, 0.4) is 0 Å². The third-order valence-corrected chi connectivity index (χ3v) is 3.13. The summed E-state index contributed by atoms with van der Waals surface area (Å²) in [5.74, 6) is 0. The molecule has 0 aliphatic heterocycles. The highest BCUT2D eigenvalue weighted by molar-refractivity contribution is 6.31. The van der Waals surface area contributed by atoms with Crippen LogP contribution in [0.25, 0.3) is 0 Å². The predicted octanol–water partition coefficient (Wildman–Crippen LogP) is 3.66. The van der Waals surface area contributed by atoms with Crippen LogP contribution in [0, 0.1) is 6.92 Å². The molecule has 1 unspecified atom stereocenters. The van der Waals surface area contributed by atoms with Crippen molar-refractivity contribution < 1.29 is 4.39 Å². The van der Waals surface area contributed by atoms with Crippen molar-refractivity contribution in [2.75, 3.05) is 6.54 Å². The summed E-state index contributed by atoms with van der Waals surface area (Å²) in [5, 5.41) is 0.631. The average Bonchev–Trinajstić information content (AvgIpc) is 2.23. The molecule has 1 nitrogen and oxygen atoms in total. The summed E-state index contributed by atoms with van der Waals surface area (Å²) in [6, 6.07) is 5.70. The largest absolute Gasteiger partial charge is 0.328 e. The minimum Gasteiger partial charge on any atom is -0.328 e. The van der Waals surface area contributed by atoms with Gasteiger partial charge in [-0.3, -0.25) is 0 Å². The van der Waals surface area contributed by atoms with Crippen LogP contribution in [0.1, 0.15) is 30.9 Å². The van der Waals surface area contributed by atoms with Gasteiger partial charge in [0.05, 0.1) is 0 Å². The highest BCUT2D eigenvalue weighted by Crippen LogP contribution is 2.27. The summed E-state index contributed by atoms with van der Waals surface area (Å²) in [4.78, 5) is 0. The molecular formula is C13H19ClFN. The molecule has 90 valence electrons. The van der Waals surface area contributed by atoms with E-state index in [1.807, 2.05) is 32.0 Å². The van der Waals surface area contributed by atoms with Crippen molar-refractivity contribution in [3.8, 4) is 0 Å². The lowest BCUT2D eigenvalue weighted by atomic mass is 9.91. The zero-order valence-corrected chi connectivity index (χ0v) is 10.6. The summed E-state index contributed by atoms with van der Waals surface area (Å²) < 4.78 is 14.3. The van der Waals surface area contributed by atoms with Crippen molar-refractivity contribution in [1.82, 2.24) is 0 Å². The maximum absolute atomic E-state index is 14.3. The Hall–Kier alpha value is -0.600. The standard InChI is InChI=1S/C13H19ClFN/c1-3-6-13(15,9-16)8-11-5-4-10(2)7-12(11)14/h4-5,7H,3,6,8-9,16H2,1-2H3. The van der Waals surface area contributed by atoms with Gasteiger partial charge in [-0.1, -0.05) is 37.1 Å². The van der Waals surface area contributed by atoms with E-state index in [9.17, 15) is 4.39 Å². The molecule has 1 atom stereocenters. The minimum atomic E-state index is -1.33. The third-order valence-electron chi connectivity index (χ3n) is 2.78. The Labute approximate surface area is 102 Å². The zero-order valence-electron chi connectivity index (χ0n) is 9.89. The molecule has 0 saturated carbocycles. The van der Waals surface area contributed by atoms with E-state index in [1.165, 1.54) is 0 Å². The fourth-order valence-corrected chi connectivity index (χ4v) is 2.15. The number of alkyl halides is 1. The van der Waals surface area contributed by atoms with Gasteiger partial charge in [0.25, 0.3) is 0 Å². The average molecular weight is 244 g/mol. The molecule has 0 amide bonds. The lowest BCUT2D eigenvalue weighted by Crippen LogP contribution is -2.35. The number of rotatable bonds is 5. The Morgan fingerprint density at radius 2 is 2.12 bits per heavy atom. The molecule has 0 aromatic heterocycles. The molecule has 0 radical (unpaired) electrons. The number of hydrogen-bond donors (Lipinski definition) is 1. The van der Waals surface area contributed by atoms with E-state index in [1.54, 1.807) is 0 Å². The molecular weight excluding hydrogens is 225 g/mol. The van der Waals surface area contributed by atoms with Crippen molar-refractivity contribution in [3.63, 3.8) is 0 Å². The van der Waals surface area contributed by atoms with Crippen molar-refractivity contribution >= 4 is 11.6 Å². The number of nitrogens with two attached hydrogens (primary N) is 1. The molecule has 1 rings (SSSR count). The van der Waals surface area contributed by atoms with Crippen LogP contribution in [0.5, 0.6) is 0 Å². The second kappa shape index (κ2) is 5.65. The summed E-state index contributed by atoms with van der Waals surface area (Å²) in [7, 11) is 0. The van der Waals surface area contributed by atoms with Gasteiger partial charge < -0.3 is 5.73 Å². The maximum Gasteiger partial charge on any atom is 0.127 e. The Kier molecular flexibility index (Phi) is 4.75. The number of hydrogen-bond acceptors (Lipinski definition) is 1. The summed E-state index contributed by atoms with van der Waals surface area (Å²) in [6.07, 6.45) is 1.57. The summed E-state index contributed by atoms with van der Waals surface area (Å²) in [5.41, 5.74) is 6.10. The quantitative estimate of drug-likeness (QED) is 0.839. The molecule has 0 saturated heterocycles. The summed E-state index contributed by atoms with van der Waals surface area (Å²) >= 11 is 6.09. The van der Waals surface area contributed by atoms with Gasteiger partial charge in [-0.25, -0.2) is 4.39 Å². The van der Waals surface area contributed by atoms with Crippen molar-refractivity contribution in [2.24, 2.45) is 5.73 Å². The zero-order chi connectivity index (χ0) is 12.2. The SMILES string of the molecule is CCCC(F)(CN)Cc1ccc(C)cc1Cl. The van der Waals surface area contributed by atoms with Crippen LogP contribution in [0.15, 0.2) is 18.2 Å². The lowest BCUT2D eigenvalue weighted by molar-refractivity contribution is 0.158. The molecule has 0 heterocycles. The van der Waals surface area contributed by atoms with Crippen LogP contribution in [0.2, 0.25) is 5.02 Å². The van der Waals surface area contributed by atoms with Crippen LogP contribution < -0.4 is 5.73 Å². The van der Waals surface area contributed by atoms with Crippen molar-refractivity contribution in [3.05, 3.63) is 34.3 Å². The van der Waals surface area contributed by atoms with E-state index >= 15 is 0 Å². The number of aryl methyl sites for hydroxylation is 1. The van der Waals surface area contributed by atoms with Crippen LogP contribution in [0.4, 0.5) is 4.39 Å². The van der Waals surface area contributed by atoms with Crippen LogP contribution >= 0.6 is 11.6 Å². The van der Waals surface area contributed by atoms with E-state index < -0.39 is 5.67 Å². The number of halogens is 2. The monoisotopic (exact) mass is 243 g/mol. The first kappa shape index (κ1) is 13.5. The maximum atomic E-state index is 14.3. The highest BCUT2D eigenvalue weighted by Gasteiger charge is 2.27. The van der Waals surface area contributed by atoms with E-state index in [4.69, 9.17) is 17.3 Å². The molecule has 16 heavy (non-hydrogen) atoms. The van der Waals surface area contributed by atoms with E-state index in [0.29, 0.717) is 17.9 Å². The topological polar surface area (TPSA) is 26.0 Å². The van der Waals surface area contributed by atoms with Gasteiger partial charge in [-0.05, 0) is 30.5 Å². The van der Waals surface area contributed by atoms with E-state index in [-0.39, 0.29) is 6.54 Å². The second-order valence-corrected chi connectivity index (χ2v) is 4.78. The molecule has 0 bridgehead atoms. The minimum absolute atomic E-state index is 0.0467. The van der Waals surface area contributed by atoms with Gasteiger partial charge in [0, 0.05) is 18.0 Å². The Morgan fingerprint density at radius 1 is 1.44 bits per heavy atom. The van der Waals surface area contributed by atoms with E-state index in [2.05, 4.69) is 0 Å². The lowest BCUT2D eigenvalue weighted by Gasteiger charge is -2.23. The van der Waals surface area contributed by atoms with Gasteiger partial charge in [-0.15, -0.1) is 0 Å². The molecule has 1 aromatic rings. The molecule has 0 fully saturated rings. The normalized spacial score (nSPS) is 14.8. The highest BCUT2D eigenvalue weighted by atomic mass is 35.5. The van der Waals surface area contributed by atoms with Gasteiger partial charge in [0.1, 0.15) is 5.67 Å². The number of benzene rings is 1. The van der Waals surface area contributed by atoms with Gasteiger partial charge in [-0.2, -0.15) is 0 Å².